The second kappa shape index (κ2) is 3.70. The quantitative estimate of drug-likeness (QED) is 0.790. The minimum absolute atomic E-state index is 0.322. The summed E-state index contributed by atoms with van der Waals surface area (Å²) in [5.74, 6) is -0.322. The van der Waals surface area contributed by atoms with Gasteiger partial charge in [0.2, 0.25) is 0 Å². The highest BCUT2D eigenvalue weighted by atomic mass is 79.9. The number of aromatic nitrogens is 2. The molecular weight excluding hydrogens is 268 g/mol. The SMILES string of the molecule is CCOC(=O)c1cnn2c(Br)csc12. The van der Waals surface area contributed by atoms with Gasteiger partial charge in [0.25, 0.3) is 0 Å². The van der Waals surface area contributed by atoms with Crippen molar-refractivity contribution in [2.45, 2.75) is 6.92 Å². The minimum atomic E-state index is -0.322. The number of ether oxygens (including phenoxy) is 1. The topological polar surface area (TPSA) is 43.6 Å². The first-order valence-corrected chi connectivity index (χ1v) is 5.69. The van der Waals surface area contributed by atoms with Gasteiger partial charge in [0.15, 0.2) is 0 Å². The Morgan fingerprint density at radius 3 is 3.29 bits per heavy atom. The highest BCUT2D eigenvalue weighted by Crippen LogP contribution is 2.24. The summed E-state index contributed by atoms with van der Waals surface area (Å²) in [6.07, 6.45) is 1.52. The Labute approximate surface area is 92.6 Å². The Morgan fingerprint density at radius 1 is 1.79 bits per heavy atom. The Morgan fingerprint density at radius 2 is 2.57 bits per heavy atom. The molecule has 0 spiro atoms. The molecule has 2 aromatic heterocycles. The van der Waals surface area contributed by atoms with E-state index in [1.54, 1.807) is 11.4 Å². The van der Waals surface area contributed by atoms with Crippen LogP contribution in [0, 0.1) is 0 Å². The first-order valence-electron chi connectivity index (χ1n) is 4.02. The number of halogens is 1. The van der Waals surface area contributed by atoms with Crippen LogP contribution in [0.25, 0.3) is 4.83 Å². The number of fused-ring (bicyclic) bond motifs is 1. The molecule has 2 rings (SSSR count). The third-order valence-corrected chi connectivity index (χ3v) is 3.52. The zero-order chi connectivity index (χ0) is 10.1. The number of rotatable bonds is 2. The lowest BCUT2D eigenvalue weighted by Crippen LogP contribution is -2.03. The minimum Gasteiger partial charge on any atom is -0.462 e. The van der Waals surface area contributed by atoms with Gasteiger partial charge in [0.05, 0.1) is 12.8 Å². The number of esters is 1. The summed E-state index contributed by atoms with van der Waals surface area (Å²) >= 11 is 4.78. The van der Waals surface area contributed by atoms with Crippen molar-refractivity contribution in [2.75, 3.05) is 6.61 Å². The van der Waals surface area contributed by atoms with Crippen molar-refractivity contribution in [1.82, 2.24) is 9.61 Å². The van der Waals surface area contributed by atoms with Crippen LogP contribution < -0.4 is 0 Å². The molecule has 0 amide bonds. The van der Waals surface area contributed by atoms with Gasteiger partial charge in [-0.15, -0.1) is 11.3 Å². The molecule has 0 aliphatic carbocycles. The van der Waals surface area contributed by atoms with Crippen LogP contribution in [-0.2, 0) is 4.74 Å². The Hall–Kier alpha value is -0.880. The molecule has 0 bridgehead atoms. The van der Waals surface area contributed by atoms with Gasteiger partial charge in [-0.25, -0.2) is 9.31 Å². The zero-order valence-electron chi connectivity index (χ0n) is 7.36. The molecule has 2 heterocycles. The predicted octanol–water partition coefficient (Wildman–Crippen LogP) is 2.34. The molecule has 0 aliphatic rings. The lowest BCUT2D eigenvalue weighted by atomic mass is 10.4. The lowest BCUT2D eigenvalue weighted by molar-refractivity contribution is 0.0529. The van der Waals surface area contributed by atoms with Gasteiger partial charge < -0.3 is 4.74 Å². The molecule has 0 saturated carbocycles. The van der Waals surface area contributed by atoms with Gasteiger partial charge >= 0.3 is 5.97 Å². The van der Waals surface area contributed by atoms with E-state index in [1.807, 2.05) is 5.38 Å². The van der Waals surface area contributed by atoms with Crippen LogP contribution in [0.5, 0.6) is 0 Å². The standard InChI is InChI=1S/C8H7BrN2O2S/c1-2-13-8(12)5-3-10-11-6(9)4-14-7(5)11/h3-4H,2H2,1H3. The zero-order valence-corrected chi connectivity index (χ0v) is 9.76. The van der Waals surface area contributed by atoms with Crippen LogP contribution in [0.4, 0.5) is 0 Å². The molecule has 4 nitrogen and oxygen atoms in total. The van der Waals surface area contributed by atoms with E-state index in [0.717, 1.165) is 9.43 Å². The average Bonchev–Trinajstić information content (AvgIpc) is 2.69. The fraction of sp³-hybridized carbons (Fsp3) is 0.250. The molecule has 6 heteroatoms. The van der Waals surface area contributed by atoms with Gasteiger partial charge in [-0.2, -0.15) is 5.10 Å². The molecule has 0 saturated heterocycles. The van der Waals surface area contributed by atoms with Crippen molar-refractivity contribution in [2.24, 2.45) is 0 Å². The van der Waals surface area contributed by atoms with Crippen LogP contribution in [-0.4, -0.2) is 22.2 Å². The molecule has 0 fully saturated rings. The van der Waals surface area contributed by atoms with Crippen LogP contribution in [0.1, 0.15) is 17.3 Å². The molecule has 14 heavy (non-hydrogen) atoms. The van der Waals surface area contributed by atoms with Gasteiger partial charge in [-0.3, -0.25) is 0 Å². The number of thiazole rings is 1. The van der Waals surface area contributed by atoms with Crippen LogP contribution >= 0.6 is 27.3 Å². The van der Waals surface area contributed by atoms with E-state index in [0.29, 0.717) is 12.2 Å². The van der Waals surface area contributed by atoms with E-state index in [1.165, 1.54) is 17.5 Å². The van der Waals surface area contributed by atoms with Crippen molar-refractivity contribution in [1.29, 1.82) is 0 Å². The van der Waals surface area contributed by atoms with Crippen LogP contribution in [0.3, 0.4) is 0 Å². The largest absolute Gasteiger partial charge is 0.462 e. The Kier molecular flexibility index (Phi) is 2.56. The molecular formula is C8H7BrN2O2S. The number of hydrogen-bond acceptors (Lipinski definition) is 4. The Balaban J connectivity index is 2.47. The normalized spacial score (nSPS) is 10.7. The van der Waals surface area contributed by atoms with Gasteiger partial charge in [-0.1, -0.05) is 0 Å². The molecule has 0 N–H and O–H groups in total. The molecule has 0 aromatic carbocycles. The summed E-state index contributed by atoms with van der Waals surface area (Å²) < 4.78 is 7.41. The maximum Gasteiger partial charge on any atom is 0.342 e. The second-order valence-corrected chi connectivity index (χ2v) is 4.22. The van der Waals surface area contributed by atoms with Crippen molar-refractivity contribution < 1.29 is 9.53 Å². The first-order chi connectivity index (χ1) is 6.74. The smallest absolute Gasteiger partial charge is 0.342 e. The van der Waals surface area contributed by atoms with E-state index in [2.05, 4.69) is 21.0 Å². The summed E-state index contributed by atoms with van der Waals surface area (Å²) in [6.45, 7) is 2.16. The maximum atomic E-state index is 11.4. The monoisotopic (exact) mass is 274 g/mol. The van der Waals surface area contributed by atoms with E-state index >= 15 is 0 Å². The molecule has 0 radical (unpaired) electrons. The van der Waals surface area contributed by atoms with Gasteiger partial charge in [0.1, 0.15) is 15.0 Å². The van der Waals surface area contributed by atoms with Gasteiger partial charge in [-0.05, 0) is 22.9 Å². The van der Waals surface area contributed by atoms with Crippen molar-refractivity contribution in [3.05, 3.63) is 21.7 Å². The summed E-state index contributed by atoms with van der Waals surface area (Å²) in [4.78, 5) is 12.2. The number of hydrogen-bond donors (Lipinski definition) is 0. The van der Waals surface area contributed by atoms with E-state index in [-0.39, 0.29) is 5.97 Å². The summed E-state index contributed by atoms with van der Waals surface area (Å²) in [5.41, 5.74) is 0.516. The fourth-order valence-corrected chi connectivity index (χ4v) is 2.59. The van der Waals surface area contributed by atoms with Gasteiger partial charge in [0, 0.05) is 5.38 Å². The summed E-state index contributed by atoms with van der Waals surface area (Å²) in [5, 5.41) is 5.94. The van der Waals surface area contributed by atoms with Crippen LogP contribution in [0.15, 0.2) is 16.2 Å². The second-order valence-electron chi connectivity index (χ2n) is 2.55. The predicted molar refractivity (Wildman–Crippen MR) is 56.7 cm³/mol. The summed E-state index contributed by atoms with van der Waals surface area (Å²) in [6, 6.07) is 0. The number of carbonyl (C=O) groups is 1. The molecule has 2 aromatic rings. The highest BCUT2D eigenvalue weighted by molar-refractivity contribution is 9.10. The Bertz CT molecular complexity index is 477. The van der Waals surface area contributed by atoms with E-state index in [4.69, 9.17) is 4.74 Å². The van der Waals surface area contributed by atoms with E-state index < -0.39 is 0 Å². The van der Waals surface area contributed by atoms with Crippen molar-refractivity contribution >= 4 is 38.1 Å². The third-order valence-electron chi connectivity index (χ3n) is 1.69. The molecule has 74 valence electrons. The number of carbonyl (C=O) groups excluding carboxylic acids is 1. The lowest BCUT2D eigenvalue weighted by Gasteiger charge is -1.96. The first kappa shape index (κ1) is 9.67. The van der Waals surface area contributed by atoms with Crippen LogP contribution in [0.2, 0.25) is 0 Å². The molecule has 0 aliphatic heterocycles. The van der Waals surface area contributed by atoms with E-state index in [9.17, 15) is 4.79 Å². The summed E-state index contributed by atoms with van der Waals surface area (Å²) in [7, 11) is 0. The molecule has 0 unspecified atom stereocenters. The number of nitrogens with zero attached hydrogens (tertiary/aromatic N) is 2. The van der Waals surface area contributed by atoms with Crippen molar-refractivity contribution in [3.8, 4) is 0 Å². The maximum absolute atomic E-state index is 11.4. The third kappa shape index (κ3) is 1.44. The molecule has 0 atom stereocenters. The van der Waals surface area contributed by atoms with Crippen molar-refractivity contribution in [3.63, 3.8) is 0 Å². The highest BCUT2D eigenvalue weighted by Gasteiger charge is 2.15. The average molecular weight is 275 g/mol. The fourth-order valence-electron chi connectivity index (χ4n) is 1.11.